The van der Waals surface area contributed by atoms with Crippen molar-refractivity contribution >= 4 is 10.9 Å². The molecule has 1 aromatic carbocycles. The van der Waals surface area contributed by atoms with Crippen molar-refractivity contribution in [3.8, 4) is 17.0 Å². The number of hydrogen-bond acceptors (Lipinski definition) is 4. The van der Waals surface area contributed by atoms with Gasteiger partial charge in [-0.2, -0.15) is 0 Å². The zero-order chi connectivity index (χ0) is 18.1. The molecule has 0 amide bonds. The third-order valence-electron chi connectivity index (χ3n) is 4.16. The van der Waals surface area contributed by atoms with Crippen LogP contribution >= 0.6 is 0 Å². The van der Waals surface area contributed by atoms with Gasteiger partial charge in [-0.3, -0.25) is 14.8 Å². The maximum atomic E-state index is 13.6. The smallest absolute Gasteiger partial charge is 0.251 e. The van der Waals surface area contributed by atoms with Crippen LogP contribution in [0.1, 0.15) is 5.56 Å². The molecule has 0 fully saturated rings. The largest absolute Gasteiger partial charge is 0.504 e. The topological polar surface area (TPSA) is 68.0 Å². The molecule has 0 atom stereocenters. The first-order valence-electron chi connectivity index (χ1n) is 8.00. The predicted octanol–water partition coefficient (Wildman–Crippen LogP) is 3.35. The van der Waals surface area contributed by atoms with Gasteiger partial charge in [0, 0.05) is 23.2 Å². The van der Waals surface area contributed by atoms with Crippen molar-refractivity contribution in [1.29, 1.82) is 0 Å². The van der Waals surface area contributed by atoms with Crippen molar-refractivity contribution < 1.29 is 9.50 Å². The maximum Gasteiger partial charge on any atom is 0.251 e. The van der Waals surface area contributed by atoms with E-state index in [1.807, 2.05) is 30.3 Å². The van der Waals surface area contributed by atoms with Crippen LogP contribution < -0.4 is 5.56 Å². The second-order valence-corrected chi connectivity index (χ2v) is 5.89. The van der Waals surface area contributed by atoms with Crippen LogP contribution in [0.25, 0.3) is 22.2 Å². The predicted molar refractivity (Wildman–Crippen MR) is 96.4 cm³/mol. The highest BCUT2D eigenvalue weighted by atomic mass is 19.1. The molecule has 4 aromatic rings. The zero-order valence-corrected chi connectivity index (χ0v) is 13.6. The third kappa shape index (κ3) is 2.82. The monoisotopic (exact) mass is 347 g/mol. The zero-order valence-electron chi connectivity index (χ0n) is 13.6. The first kappa shape index (κ1) is 16.0. The molecule has 6 heteroatoms. The van der Waals surface area contributed by atoms with Gasteiger partial charge in [0.15, 0.2) is 5.75 Å². The van der Waals surface area contributed by atoms with Crippen molar-refractivity contribution in [3.63, 3.8) is 0 Å². The lowest BCUT2D eigenvalue weighted by atomic mass is 10.1. The number of aromatic nitrogens is 3. The van der Waals surface area contributed by atoms with Gasteiger partial charge in [-0.25, -0.2) is 4.39 Å². The molecule has 5 nitrogen and oxygen atoms in total. The van der Waals surface area contributed by atoms with E-state index in [0.717, 1.165) is 11.8 Å². The Morgan fingerprint density at radius 1 is 1.04 bits per heavy atom. The van der Waals surface area contributed by atoms with Gasteiger partial charge in [-0.15, -0.1) is 0 Å². The lowest BCUT2D eigenvalue weighted by Gasteiger charge is -2.14. The van der Waals surface area contributed by atoms with E-state index in [2.05, 4.69) is 9.97 Å². The highest BCUT2D eigenvalue weighted by Crippen LogP contribution is 2.31. The first-order chi connectivity index (χ1) is 12.6. The minimum absolute atomic E-state index is 0.109. The third-order valence-corrected chi connectivity index (χ3v) is 4.16. The minimum Gasteiger partial charge on any atom is -0.504 e. The molecule has 26 heavy (non-hydrogen) atoms. The molecule has 128 valence electrons. The summed E-state index contributed by atoms with van der Waals surface area (Å²) < 4.78 is 15.1. The Labute approximate surface area is 148 Å². The van der Waals surface area contributed by atoms with E-state index < -0.39 is 5.82 Å². The van der Waals surface area contributed by atoms with Gasteiger partial charge in [0.2, 0.25) is 0 Å². The van der Waals surface area contributed by atoms with Gasteiger partial charge in [0.25, 0.3) is 5.56 Å². The van der Waals surface area contributed by atoms with Crippen molar-refractivity contribution in [2.24, 2.45) is 0 Å². The Kier molecular flexibility index (Phi) is 3.93. The molecule has 0 bridgehead atoms. The van der Waals surface area contributed by atoms with Crippen LogP contribution in [0.4, 0.5) is 4.39 Å². The average Bonchev–Trinajstić information content (AvgIpc) is 2.65. The summed E-state index contributed by atoms with van der Waals surface area (Å²) in [5, 5.41) is 10.9. The molecule has 0 saturated carbocycles. The lowest BCUT2D eigenvalue weighted by Crippen LogP contribution is -2.20. The second-order valence-electron chi connectivity index (χ2n) is 5.89. The number of hydrogen-bond donors (Lipinski definition) is 1. The summed E-state index contributed by atoms with van der Waals surface area (Å²) in [5.74, 6) is -0.593. The lowest BCUT2D eigenvalue weighted by molar-refractivity contribution is 0.475. The van der Waals surface area contributed by atoms with Gasteiger partial charge in [0.05, 0.1) is 30.1 Å². The van der Waals surface area contributed by atoms with Crippen LogP contribution in [0.2, 0.25) is 0 Å². The number of aromatic hydroxyl groups is 1. The summed E-state index contributed by atoms with van der Waals surface area (Å²) in [5.41, 5.74) is 1.96. The number of benzene rings is 1. The van der Waals surface area contributed by atoms with Gasteiger partial charge in [0.1, 0.15) is 5.82 Å². The number of halogens is 1. The Bertz CT molecular complexity index is 1160. The van der Waals surface area contributed by atoms with Gasteiger partial charge < -0.3 is 9.67 Å². The molecular formula is C20H14FN3O2. The Morgan fingerprint density at radius 3 is 2.62 bits per heavy atom. The summed E-state index contributed by atoms with van der Waals surface area (Å²) in [6.45, 7) is 0.301. The van der Waals surface area contributed by atoms with Crippen LogP contribution in [-0.2, 0) is 6.54 Å². The van der Waals surface area contributed by atoms with Gasteiger partial charge in [-0.05, 0) is 17.7 Å². The molecule has 1 N–H and O–H groups in total. The fourth-order valence-corrected chi connectivity index (χ4v) is 3.00. The standard InChI is InChI=1S/C20H14FN3O2/c21-15-8-14(9-22-10-15)19-16-6-7-18(26)24(20(16)17(25)11-23-19)12-13-4-2-1-3-5-13/h1-11,25H,12H2. The summed E-state index contributed by atoms with van der Waals surface area (Å²) in [6.07, 6.45) is 3.87. The quantitative estimate of drug-likeness (QED) is 0.617. The molecule has 0 unspecified atom stereocenters. The Morgan fingerprint density at radius 2 is 1.85 bits per heavy atom. The molecule has 4 rings (SSSR count). The molecule has 3 heterocycles. The van der Waals surface area contributed by atoms with Crippen LogP contribution in [0.15, 0.2) is 71.9 Å². The molecule has 0 saturated heterocycles. The average molecular weight is 347 g/mol. The minimum atomic E-state index is -0.483. The van der Waals surface area contributed by atoms with E-state index in [1.54, 1.807) is 6.07 Å². The van der Waals surface area contributed by atoms with Crippen LogP contribution in [0, 0.1) is 5.82 Å². The second kappa shape index (κ2) is 6.40. The van der Waals surface area contributed by atoms with Crippen LogP contribution in [0.5, 0.6) is 5.75 Å². The van der Waals surface area contributed by atoms with E-state index in [4.69, 9.17) is 0 Å². The Hall–Kier alpha value is -3.54. The molecule has 0 radical (unpaired) electrons. The van der Waals surface area contributed by atoms with Crippen molar-refractivity contribution in [2.45, 2.75) is 6.54 Å². The number of fused-ring (bicyclic) bond motifs is 1. The van der Waals surface area contributed by atoms with E-state index in [0.29, 0.717) is 28.7 Å². The number of nitrogens with zero attached hydrogens (tertiary/aromatic N) is 3. The SMILES string of the molecule is O=c1ccc2c(-c3cncc(F)c3)ncc(O)c2n1Cc1ccccc1. The fraction of sp³-hybridized carbons (Fsp3) is 0.0500. The number of rotatable bonds is 3. The molecule has 0 spiro atoms. The van der Waals surface area contributed by atoms with E-state index >= 15 is 0 Å². The molecule has 0 aliphatic heterocycles. The number of pyridine rings is 3. The Balaban J connectivity index is 1.97. The highest BCUT2D eigenvalue weighted by Gasteiger charge is 2.14. The normalized spacial score (nSPS) is 11.0. The molecule has 3 aromatic heterocycles. The highest BCUT2D eigenvalue weighted by molar-refractivity contribution is 5.95. The summed E-state index contributed by atoms with van der Waals surface area (Å²) >= 11 is 0. The van der Waals surface area contributed by atoms with Gasteiger partial charge >= 0.3 is 0 Å². The van der Waals surface area contributed by atoms with Crippen LogP contribution in [-0.4, -0.2) is 19.6 Å². The van der Waals surface area contributed by atoms with Crippen LogP contribution in [0.3, 0.4) is 0 Å². The summed E-state index contributed by atoms with van der Waals surface area (Å²) in [6, 6.07) is 13.8. The summed E-state index contributed by atoms with van der Waals surface area (Å²) in [7, 11) is 0. The fourth-order valence-electron chi connectivity index (χ4n) is 3.00. The molecular weight excluding hydrogens is 333 g/mol. The van der Waals surface area contributed by atoms with E-state index in [1.165, 1.54) is 29.1 Å². The molecule has 0 aliphatic rings. The van der Waals surface area contributed by atoms with Crippen molar-refractivity contribution in [1.82, 2.24) is 14.5 Å². The van der Waals surface area contributed by atoms with Gasteiger partial charge in [-0.1, -0.05) is 30.3 Å². The van der Waals surface area contributed by atoms with Crippen molar-refractivity contribution in [3.05, 3.63) is 88.9 Å². The van der Waals surface area contributed by atoms with Crippen molar-refractivity contribution in [2.75, 3.05) is 0 Å². The summed E-state index contributed by atoms with van der Waals surface area (Å²) in [4.78, 5) is 20.5. The first-order valence-corrected chi connectivity index (χ1v) is 8.00. The molecule has 0 aliphatic carbocycles. The van der Waals surface area contributed by atoms with E-state index in [9.17, 15) is 14.3 Å². The van der Waals surface area contributed by atoms with E-state index in [-0.39, 0.29) is 11.3 Å². The maximum absolute atomic E-state index is 13.6.